The molecule has 1 aliphatic heterocycles. The fourth-order valence-electron chi connectivity index (χ4n) is 2.07. The van der Waals surface area contributed by atoms with Crippen molar-refractivity contribution < 1.29 is 19.1 Å². The summed E-state index contributed by atoms with van der Waals surface area (Å²) in [4.78, 5) is 33.5. The summed E-state index contributed by atoms with van der Waals surface area (Å²) in [5.74, 6) is -2.33. The zero-order chi connectivity index (χ0) is 11.0. The minimum absolute atomic E-state index is 0.207. The Morgan fingerprint density at radius 2 is 2.20 bits per heavy atom. The Bertz CT molecular complexity index is 360. The molecule has 0 aromatic carbocycles. The summed E-state index contributed by atoms with van der Waals surface area (Å²) in [6.45, 7) is 1.38. The zero-order valence-electron chi connectivity index (χ0n) is 8.23. The van der Waals surface area contributed by atoms with Crippen molar-refractivity contribution in [1.82, 2.24) is 5.32 Å². The van der Waals surface area contributed by atoms with Gasteiger partial charge in [-0.2, -0.15) is 0 Å². The lowest BCUT2D eigenvalue weighted by Gasteiger charge is -2.25. The second kappa shape index (κ2) is 3.49. The van der Waals surface area contributed by atoms with Crippen molar-refractivity contribution in [3.05, 3.63) is 12.2 Å². The van der Waals surface area contributed by atoms with Crippen molar-refractivity contribution in [3.8, 4) is 0 Å². The average Bonchev–Trinajstić information content (AvgIpc) is 2.43. The van der Waals surface area contributed by atoms with Gasteiger partial charge < -0.3 is 10.1 Å². The molecule has 1 saturated heterocycles. The number of carbonyl (C=O) groups excluding carboxylic acids is 3. The molecule has 3 unspecified atom stereocenters. The first-order valence-corrected chi connectivity index (χ1v) is 4.79. The van der Waals surface area contributed by atoms with Gasteiger partial charge in [-0.05, 0) is 6.42 Å². The quantitative estimate of drug-likeness (QED) is 0.368. The lowest BCUT2D eigenvalue weighted by atomic mass is 9.82. The molecule has 0 radical (unpaired) electrons. The third kappa shape index (κ3) is 1.65. The summed E-state index contributed by atoms with van der Waals surface area (Å²) in [5, 5.41) is 2.66. The van der Waals surface area contributed by atoms with E-state index < -0.39 is 23.8 Å². The van der Waals surface area contributed by atoms with Crippen LogP contribution in [0.2, 0.25) is 0 Å². The van der Waals surface area contributed by atoms with Crippen LogP contribution in [-0.2, 0) is 19.1 Å². The number of hydrogen-bond donors (Lipinski definition) is 1. The SMILES string of the molecule is CC(=O)NC1CC=CC2C(=O)OC(=O)C12. The fraction of sp³-hybridized carbons (Fsp3) is 0.500. The molecule has 80 valence electrons. The number of esters is 2. The van der Waals surface area contributed by atoms with E-state index in [1.807, 2.05) is 0 Å². The monoisotopic (exact) mass is 209 g/mol. The summed E-state index contributed by atoms with van der Waals surface area (Å²) >= 11 is 0. The van der Waals surface area contributed by atoms with Gasteiger partial charge in [-0.15, -0.1) is 0 Å². The van der Waals surface area contributed by atoms with Gasteiger partial charge in [-0.1, -0.05) is 12.2 Å². The van der Waals surface area contributed by atoms with Gasteiger partial charge in [0.1, 0.15) is 0 Å². The number of cyclic esters (lactones) is 2. The number of fused-ring (bicyclic) bond motifs is 1. The van der Waals surface area contributed by atoms with E-state index in [4.69, 9.17) is 0 Å². The Kier molecular flexibility index (Phi) is 2.30. The number of rotatable bonds is 1. The van der Waals surface area contributed by atoms with E-state index in [-0.39, 0.29) is 11.9 Å². The summed E-state index contributed by atoms with van der Waals surface area (Å²) < 4.78 is 4.54. The second-order valence-corrected chi connectivity index (χ2v) is 3.76. The second-order valence-electron chi connectivity index (χ2n) is 3.76. The first-order valence-electron chi connectivity index (χ1n) is 4.79. The lowest BCUT2D eigenvalue weighted by molar-refractivity contribution is -0.153. The van der Waals surface area contributed by atoms with Crippen LogP contribution in [0, 0.1) is 11.8 Å². The molecule has 0 aromatic heterocycles. The zero-order valence-corrected chi connectivity index (χ0v) is 8.23. The number of hydrogen-bond acceptors (Lipinski definition) is 4. The van der Waals surface area contributed by atoms with Crippen molar-refractivity contribution in [2.45, 2.75) is 19.4 Å². The fourth-order valence-corrected chi connectivity index (χ4v) is 2.07. The normalized spacial score (nSPS) is 33.5. The van der Waals surface area contributed by atoms with Crippen LogP contribution < -0.4 is 5.32 Å². The molecular formula is C10H11NO4. The van der Waals surface area contributed by atoms with Crippen LogP contribution in [0.25, 0.3) is 0 Å². The molecule has 0 bridgehead atoms. The van der Waals surface area contributed by atoms with Crippen LogP contribution in [-0.4, -0.2) is 23.9 Å². The standard InChI is InChI=1S/C10H11NO4/c1-5(12)11-7-4-2-3-6-8(7)10(14)15-9(6)13/h2-3,6-8H,4H2,1H3,(H,11,12). The summed E-state index contributed by atoms with van der Waals surface area (Å²) in [5.41, 5.74) is 0. The third-order valence-electron chi connectivity index (χ3n) is 2.69. The Morgan fingerprint density at radius 3 is 2.87 bits per heavy atom. The van der Waals surface area contributed by atoms with E-state index >= 15 is 0 Å². The Morgan fingerprint density at radius 1 is 1.47 bits per heavy atom. The average molecular weight is 209 g/mol. The van der Waals surface area contributed by atoms with Gasteiger partial charge in [0.2, 0.25) is 5.91 Å². The summed E-state index contributed by atoms with van der Waals surface area (Å²) in [6, 6.07) is -0.323. The molecule has 0 aromatic rings. The van der Waals surface area contributed by atoms with Crippen LogP contribution in [0.3, 0.4) is 0 Å². The molecule has 1 aliphatic carbocycles. The highest BCUT2D eigenvalue weighted by Crippen LogP contribution is 2.32. The van der Waals surface area contributed by atoms with Gasteiger partial charge in [0.05, 0.1) is 11.8 Å². The lowest BCUT2D eigenvalue weighted by Crippen LogP contribution is -2.44. The van der Waals surface area contributed by atoms with E-state index in [0.29, 0.717) is 6.42 Å². The molecule has 15 heavy (non-hydrogen) atoms. The number of ether oxygens (including phenoxy) is 1. The van der Waals surface area contributed by atoms with Gasteiger partial charge in [-0.3, -0.25) is 14.4 Å². The topological polar surface area (TPSA) is 72.5 Å². The van der Waals surface area contributed by atoms with Crippen LogP contribution in [0.4, 0.5) is 0 Å². The smallest absolute Gasteiger partial charge is 0.321 e. The van der Waals surface area contributed by atoms with E-state index in [2.05, 4.69) is 10.1 Å². The Labute approximate surface area is 86.5 Å². The van der Waals surface area contributed by atoms with Crippen LogP contribution in [0.5, 0.6) is 0 Å². The van der Waals surface area contributed by atoms with Crippen molar-refractivity contribution in [2.24, 2.45) is 11.8 Å². The molecule has 5 heteroatoms. The van der Waals surface area contributed by atoms with Gasteiger partial charge in [0.25, 0.3) is 0 Å². The van der Waals surface area contributed by atoms with Crippen molar-refractivity contribution in [3.63, 3.8) is 0 Å². The molecule has 3 atom stereocenters. The van der Waals surface area contributed by atoms with E-state index in [0.717, 1.165) is 0 Å². The first kappa shape index (κ1) is 9.89. The number of amides is 1. The van der Waals surface area contributed by atoms with Gasteiger partial charge >= 0.3 is 11.9 Å². The first-order chi connectivity index (χ1) is 7.09. The predicted octanol–water partition coefficient (Wildman–Crippen LogP) is -0.233. The maximum absolute atomic E-state index is 11.4. The van der Waals surface area contributed by atoms with Crippen LogP contribution in [0.15, 0.2) is 12.2 Å². The minimum atomic E-state index is -0.550. The van der Waals surface area contributed by atoms with Gasteiger partial charge in [0, 0.05) is 13.0 Å². The van der Waals surface area contributed by atoms with Crippen molar-refractivity contribution in [2.75, 3.05) is 0 Å². The summed E-state index contributed by atoms with van der Waals surface area (Å²) in [6.07, 6.45) is 4.03. The van der Waals surface area contributed by atoms with Crippen LogP contribution >= 0.6 is 0 Å². The Balaban J connectivity index is 2.22. The van der Waals surface area contributed by atoms with E-state index in [9.17, 15) is 14.4 Å². The highest BCUT2D eigenvalue weighted by molar-refractivity contribution is 5.98. The molecular weight excluding hydrogens is 198 g/mol. The molecule has 1 N–H and O–H groups in total. The van der Waals surface area contributed by atoms with Gasteiger partial charge in [0.15, 0.2) is 0 Å². The van der Waals surface area contributed by atoms with E-state index in [1.165, 1.54) is 6.92 Å². The summed E-state index contributed by atoms with van der Waals surface area (Å²) in [7, 11) is 0. The molecule has 2 aliphatic rings. The minimum Gasteiger partial charge on any atom is -0.392 e. The maximum Gasteiger partial charge on any atom is 0.321 e. The predicted molar refractivity (Wildman–Crippen MR) is 49.4 cm³/mol. The maximum atomic E-state index is 11.4. The number of carbonyl (C=O) groups is 3. The Hall–Kier alpha value is -1.65. The molecule has 2 rings (SSSR count). The molecule has 5 nitrogen and oxygen atoms in total. The largest absolute Gasteiger partial charge is 0.392 e. The van der Waals surface area contributed by atoms with Crippen LogP contribution in [0.1, 0.15) is 13.3 Å². The third-order valence-corrected chi connectivity index (χ3v) is 2.69. The molecule has 1 heterocycles. The number of nitrogens with one attached hydrogen (secondary N) is 1. The molecule has 1 fully saturated rings. The van der Waals surface area contributed by atoms with E-state index in [1.54, 1.807) is 12.2 Å². The highest BCUT2D eigenvalue weighted by Gasteiger charge is 2.48. The molecule has 0 saturated carbocycles. The van der Waals surface area contributed by atoms with Crippen molar-refractivity contribution >= 4 is 17.8 Å². The highest BCUT2D eigenvalue weighted by atomic mass is 16.6. The molecule has 0 spiro atoms. The molecule has 1 amide bonds. The van der Waals surface area contributed by atoms with Gasteiger partial charge in [-0.25, -0.2) is 0 Å². The van der Waals surface area contributed by atoms with Crippen molar-refractivity contribution in [1.29, 1.82) is 0 Å².